The molecule has 5 aromatic carbocycles. The van der Waals surface area contributed by atoms with Crippen LogP contribution in [0.4, 0.5) is 0 Å². The van der Waals surface area contributed by atoms with Crippen molar-refractivity contribution < 1.29 is 4.79 Å². The highest BCUT2D eigenvalue weighted by molar-refractivity contribution is 6.13. The van der Waals surface area contributed by atoms with Gasteiger partial charge in [-0.3, -0.25) is 4.79 Å². The molecule has 0 aliphatic heterocycles. The Hall–Kier alpha value is -4.23. The molecule has 0 N–H and O–H groups in total. The van der Waals surface area contributed by atoms with Crippen LogP contribution in [-0.4, -0.2) is 5.78 Å². The summed E-state index contributed by atoms with van der Waals surface area (Å²) in [7, 11) is 0. The fraction of sp³-hybridized carbons (Fsp3) is 0.162. The number of ketones is 1. The third-order valence-corrected chi connectivity index (χ3v) is 8.90. The van der Waals surface area contributed by atoms with E-state index in [1.165, 1.54) is 33.4 Å². The summed E-state index contributed by atoms with van der Waals surface area (Å²) in [6.07, 6.45) is 0. The van der Waals surface area contributed by atoms with E-state index in [1.807, 2.05) is 18.2 Å². The Morgan fingerprint density at radius 1 is 0.395 bits per heavy atom. The Bertz CT molecular complexity index is 1780. The van der Waals surface area contributed by atoms with E-state index in [0.29, 0.717) is 0 Å². The van der Waals surface area contributed by atoms with Crippen molar-refractivity contribution in [3.8, 4) is 33.4 Å². The minimum absolute atomic E-state index is 0.0263. The SMILES string of the molecule is CC1(C)c2ccccc2C(=O)c2cc(-c3cccc(-c4ccc5c(c4)C(C)(C)c4ccccc4-5)c3)ccc21. The normalized spacial score (nSPS) is 15.8. The van der Waals surface area contributed by atoms with Gasteiger partial charge in [-0.1, -0.05) is 119 Å². The van der Waals surface area contributed by atoms with Gasteiger partial charge >= 0.3 is 0 Å². The van der Waals surface area contributed by atoms with Crippen LogP contribution in [0.5, 0.6) is 0 Å². The molecule has 0 heterocycles. The van der Waals surface area contributed by atoms with Crippen molar-refractivity contribution in [2.45, 2.75) is 38.5 Å². The Balaban J connectivity index is 1.30. The molecule has 7 rings (SSSR count). The van der Waals surface area contributed by atoms with E-state index in [0.717, 1.165) is 33.4 Å². The lowest BCUT2D eigenvalue weighted by Gasteiger charge is -2.34. The van der Waals surface area contributed by atoms with E-state index in [-0.39, 0.29) is 16.6 Å². The maximum absolute atomic E-state index is 13.5. The van der Waals surface area contributed by atoms with Crippen LogP contribution in [0.3, 0.4) is 0 Å². The molecule has 0 amide bonds. The molecule has 1 heteroatoms. The molecule has 5 aromatic rings. The largest absolute Gasteiger partial charge is 0.289 e. The number of fused-ring (bicyclic) bond motifs is 5. The second-order valence-corrected chi connectivity index (χ2v) is 11.8. The summed E-state index contributed by atoms with van der Waals surface area (Å²) in [6.45, 7) is 9.07. The molecule has 0 saturated carbocycles. The monoisotopic (exact) mass is 490 g/mol. The quantitative estimate of drug-likeness (QED) is 0.241. The molecule has 0 spiro atoms. The first-order valence-electron chi connectivity index (χ1n) is 13.4. The summed E-state index contributed by atoms with van der Waals surface area (Å²) in [6, 6.07) is 38.8. The van der Waals surface area contributed by atoms with Gasteiger partial charge in [0.2, 0.25) is 0 Å². The van der Waals surface area contributed by atoms with Gasteiger partial charge in [0.25, 0.3) is 0 Å². The molecular weight excluding hydrogens is 460 g/mol. The Labute approximate surface area is 224 Å². The molecule has 0 radical (unpaired) electrons. The summed E-state index contributed by atoms with van der Waals surface area (Å²) in [5.41, 5.74) is 13.6. The number of carbonyl (C=O) groups excluding carboxylic acids is 1. The molecule has 1 nitrogen and oxygen atoms in total. The van der Waals surface area contributed by atoms with Crippen molar-refractivity contribution >= 4 is 5.78 Å². The minimum atomic E-state index is -0.213. The summed E-state index contributed by atoms with van der Waals surface area (Å²) < 4.78 is 0. The van der Waals surface area contributed by atoms with Gasteiger partial charge in [-0.05, 0) is 73.8 Å². The number of hydrogen-bond donors (Lipinski definition) is 0. The van der Waals surface area contributed by atoms with E-state index in [2.05, 4.69) is 119 Å². The summed E-state index contributed by atoms with van der Waals surface area (Å²) in [5.74, 6) is 0.119. The number of benzene rings is 5. The molecular formula is C37H30O. The van der Waals surface area contributed by atoms with Crippen LogP contribution in [0, 0.1) is 0 Å². The van der Waals surface area contributed by atoms with Crippen LogP contribution in [0.1, 0.15) is 65.9 Å². The van der Waals surface area contributed by atoms with Gasteiger partial charge in [-0.2, -0.15) is 0 Å². The predicted molar refractivity (Wildman–Crippen MR) is 157 cm³/mol. The molecule has 0 bridgehead atoms. The van der Waals surface area contributed by atoms with E-state index in [9.17, 15) is 4.79 Å². The molecule has 0 aromatic heterocycles. The Kier molecular flexibility index (Phi) is 4.76. The van der Waals surface area contributed by atoms with Crippen molar-refractivity contribution in [2.24, 2.45) is 0 Å². The standard InChI is InChI=1S/C37H30O/c1-36(2)32-15-8-6-13-29(32)35(38)30-21-25(17-19-33(30)36)23-10-9-11-24(20-23)26-16-18-28-27-12-5-7-14-31(27)37(3,4)34(28)22-26/h5-22H,1-4H3. The van der Waals surface area contributed by atoms with Gasteiger partial charge in [-0.25, -0.2) is 0 Å². The zero-order chi connectivity index (χ0) is 26.2. The Morgan fingerprint density at radius 2 is 0.895 bits per heavy atom. The maximum Gasteiger partial charge on any atom is 0.193 e. The van der Waals surface area contributed by atoms with Gasteiger partial charge in [0.05, 0.1) is 0 Å². The van der Waals surface area contributed by atoms with Crippen molar-refractivity contribution in [3.63, 3.8) is 0 Å². The predicted octanol–water partition coefficient (Wildman–Crippen LogP) is 9.20. The van der Waals surface area contributed by atoms with E-state index in [4.69, 9.17) is 0 Å². The second kappa shape index (κ2) is 7.88. The number of hydrogen-bond acceptors (Lipinski definition) is 1. The third kappa shape index (κ3) is 3.15. The first-order chi connectivity index (χ1) is 18.3. The Morgan fingerprint density at radius 3 is 1.63 bits per heavy atom. The minimum Gasteiger partial charge on any atom is -0.289 e. The third-order valence-electron chi connectivity index (χ3n) is 8.90. The highest BCUT2D eigenvalue weighted by Gasteiger charge is 2.37. The lowest BCUT2D eigenvalue weighted by molar-refractivity contribution is 0.103. The van der Waals surface area contributed by atoms with Crippen LogP contribution < -0.4 is 0 Å². The molecule has 0 fully saturated rings. The van der Waals surface area contributed by atoms with Crippen LogP contribution in [0.2, 0.25) is 0 Å². The van der Waals surface area contributed by atoms with Crippen molar-refractivity contribution in [1.82, 2.24) is 0 Å². The average Bonchev–Trinajstić information content (AvgIpc) is 3.18. The fourth-order valence-electron chi connectivity index (χ4n) is 6.74. The molecule has 0 unspecified atom stereocenters. The van der Waals surface area contributed by atoms with Crippen LogP contribution in [0.25, 0.3) is 33.4 Å². The maximum atomic E-state index is 13.5. The number of carbonyl (C=O) groups is 1. The highest BCUT2D eigenvalue weighted by Crippen LogP contribution is 2.49. The van der Waals surface area contributed by atoms with Gasteiger partial charge in [-0.15, -0.1) is 0 Å². The van der Waals surface area contributed by atoms with Gasteiger partial charge in [0.1, 0.15) is 0 Å². The van der Waals surface area contributed by atoms with E-state index < -0.39 is 0 Å². The first kappa shape index (κ1) is 22.9. The molecule has 0 saturated heterocycles. The lowest BCUT2D eigenvalue weighted by Crippen LogP contribution is -2.30. The van der Waals surface area contributed by atoms with Gasteiger partial charge in [0.15, 0.2) is 5.78 Å². The smallest absolute Gasteiger partial charge is 0.193 e. The zero-order valence-electron chi connectivity index (χ0n) is 22.3. The van der Waals surface area contributed by atoms with Crippen LogP contribution in [-0.2, 0) is 10.8 Å². The van der Waals surface area contributed by atoms with Crippen molar-refractivity contribution in [2.75, 3.05) is 0 Å². The highest BCUT2D eigenvalue weighted by atomic mass is 16.1. The van der Waals surface area contributed by atoms with Gasteiger partial charge < -0.3 is 0 Å². The molecule has 184 valence electrons. The van der Waals surface area contributed by atoms with Crippen molar-refractivity contribution in [1.29, 1.82) is 0 Å². The summed E-state index contributed by atoms with van der Waals surface area (Å²) in [5, 5.41) is 0. The summed E-state index contributed by atoms with van der Waals surface area (Å²) >= 11 is 0. The average molecular weight is 491 g/mol. The fourth-order valence-corrected chi connectivity index (χ4v) is 6.74. The number of rotatable bonds is 2. The first-order valence-corrected chi connectivity index (χ1v) is 13.4. The lowest BCUT2D eigenvalue weighted by atomic mass is 9.68. The summed E-state index contributed by atoms with van der Waals surface area (Å²) in [4.78, 5) is 13.5. The molecule has 0 atom stereocenters. The van der Waals surface area contributed by atoms with Gasteiger partial charge in [0, 0.05) is 22.0 Å². The molecule has 2 aliphatic carbocycles. The molecule has 2 aliphatic rings. The van der Waals surface area contributed by atoms with E-state index >= 15 is 0 Å². The molecule has 38 heavy (non-hydrogen) atoms. The van der Waals surface area contributed by atoms with Crippen molar-refractivity contribution in [3.05, 3.63) is 143 Å². The topological polar surface area (TPSA) is 17.1 Å². The van der Waals surface area contributed by atoms with E-state index in [1.54, 1.807) is 0 Å². The second-order valence-electron chi connectivity index (χ2n) is 11.8. The van der Waals surface area contributed by atoms with Crippen LogP contribution in [0.15, 0.2) is 109 Å². The van der Waals surface area contributed by atoms with Crippen LogP contribution >= 0.6 is 0 Å². The zero-order valence-corrected chi connectivity index (χ0v) is 22.3.